The molecule has 72 valence electrons. The van der Waals surface area contributed by atoms with E-state index in [1.807, 2.05) is 26.2 Å². The summed E-state index contributed by atoms with van der Waals surface area (Å²) in [6, 6.07) is 2.12. The Kier molecular flexibility index (Phi) is 4.19. The molecule has 0 aromatic carbocycles. The highest BCUT2D eigenvalue weighted by atomic mass is 35.5. The highest BCUT2D eigenvalue weighted by Crippen LogP contribution is 2.00. The molecule has 0 radical (unpaired) electrons. The largest absolute Gasteiger partial charge is 0.311 e. The zero-order valence-corrected chi connectivity index (χ0v) is 8.80. The van der Waals surface area contributed by atoms with Crippen LogP contribution in [0.1, 0.15) is 18.1 Å². The zero-order chi connectivity index (χ0) is 9.68. The quantitative estimate of drug-likeness (QED) is 0.750. The molecule has 0 amide bonds. The van der Waals surface area contributed by atoms with Gasteiger partial charge in [-0.3, -0.25) is 4.98 Å². The number of halogens is 1. The second-order valence-electron chi connectivity index (χ2n) is 3.28. The van der Waals surface area contributed by atoms with Crippen molar-refractivity contribution in [2.45, 2.75) is 25.8 Å². The van der Waals surface area contributed by atoms with E-state index in [0.717, 1.165) is 13.1 Å². The molecule has 1 unspecified atom stereocenters. The van der Waals surface area contributed by atoms with Gasteiger partial charge in [0.25, 0.3) is 0 Å². The lowest BCUT2D eigenvalue weighted by molar-refractivity contribution is 0.678. The van der Waals surface area contributed by atoms with E-state index < -0.39 is 0 Å². The van der Waals surface area contributed by atoms with Crippen LogP contribution in [0.15, 0.2) is 18.5 Å². The van der Waals surface area contributed by atoms with Crippen LogP contribution < -0.4 is 5.32 Å². The molecule has 0 bridgehead atoms. The first-order valence-electron chi connectivity index (χ1n) is 4.44. The molecule has 0 aliphatic heterocycles. The van der Waals surface area contributed by atoms with Crippen LogP contribution >= 0.6 is 11.6 Å². The van der Waals surface area contributed by atoms with Crippen molar-refractivity contribution < 1.29 is 0 Å². The first-order chi connectivity index (χ1) is 6.18. The van der Waals surface area contributed by atoms with E-state index in [-0.39, 0.29) is 5.38 Å². The molecular formula is C10H15ClN2. The predicted octanol–water partition coefficient (Wildman–Crippen LogP) is 2.11. The average Bonchev–Trinajstić information content (AvgIpc) is 2.03. The molecule has 3 heteroatoms. The minimum absolute atomic E-state index is 0.178. The van der Waals surface area contributed by atoms with Crippen LogP contribution in [0.2, 0.25) is 0 Å². The average molecular weight is 199 g/mol. The van der Waals surface area contributed by atoms with Gasteiger partial charge in [-0.2, -0.15) is 0 Å². The molecular weight excluding hydrogens is 184 g/mol. The summed E-state index contributed by atoms with van der Waals surface area (Å²) in [7, 11) is 0. The Hall–Kier alpha value is -0.600. The van der Waals surface area contributed by atoms with E-state index in [0.29, 0.717) is 0 Å². The molecule has 0 spiro atoms. The molecule has 0 saturated heterocycles. The van der Waals surface area contributed by atoms with Crippen LogP contribution in [0.25, 0.3) is 0 Å². The lowest BCUT2D eigenvalue weighted by atomic mass is 10.2. The monoisotopic (exact) mass is 198 g/mol. The lowest BCUT2D eigenvalue weighted by Crippen LogP contribution is -2.20. The van der Waals surface area contributed by atoms with Gasteiger partial charge in [-0.15, -0.1) is 11.6 Å². The third-order valence-corrected chi connectivity index (χ3v) is 1.84. The minimum Gasteiger partial charge on any atom is -0.311 e. The second kappa shape index (κ2) is 5.20. The van der Waals surface area contributed by atoms with Crippen LogP contribution in [0, 0.1) is 6.92 Å². The van der Waals surface area contributed by atoms with Crippen LogP contribution in [0.5, 0.6) is 0 Å². The number of hydrogen-bond acceptors (Lipinski definition) is 2. The standard InChI is InChI=1S/C10H15ClN2/c1-8-3-10(6-12-4-8)7-13-5-9(2)11/h3-4,6,9,13H,5,7H2,1-2H3. The Labute approximate surface area is 84.3 Å². The fraction of sp³-hybridized carbons (Fsp3) is 0.500. The van der Waals surface area contributed by atoms with Gasteiger partial charge in [0.1, 0.15) is 0 Å². The van der Waals surface area contributed by atoms with Gasteiger partial charge >= 0.3 is 0 Å². The van der Waals surface area contributed by atoms with Crippen molar-refractivity contribution in [1.82, 2.24) is 10.3 Å². The lowest BCUT2D eigenvalue weighted by Gasteiger charge is -2.05. The first kappa shape index (κ1) is 10.5. The molecule has 13 heavy (non-hydrogen) atoms. The van der Waals surface area contributed by atoms with Gasteiger partial charge in [0.2, 0.25) is 0 Å². The van der Waals surface area contributed by atoms with Gasteiger partial charge in [-0.25, -0.2) is 0 Å². The molecule has 1 heterocycles. The molecule has 0 aliphatic carbocycles. The van der Waals surface area contributed by atoms with Crippen molar-refractivity contribution in [2.24, 2.45) is 0 Å². The van der Waals surface area contributed by atoms with Crippen molar-refractivity contribution in [3.63, 3.8) is 0 Å². The molecule has 1 aromatic rings. The minimum atomic E-state index is 0.178. The van der Waals surface area contributed by atoms with Crippen molar-refractivity contribution in [3.05, 3.63) is 29.6 Å². The Morgan fingerprint density at radius 1 is 1.54 bits per heavy atom. The number of nitrogens with one attached hydrogen (secondary N) is 1. The van der Waals surface area contributed by atoms with E-state index in [9.17, 15) is 0 Å². The van der Waals surface area contributed by atoms with Gasteiger partial charge in [0.15, 0.2) is 0 Å². The molecule has 1 atom stereocenters. The maximum Gasteiger partial charge on any atom is 0.0432 e. The van der Waals surface area contributed by atoms with Gasteiger partial charge in [0, 0.05) is 30.9 Å². The summed E-state index contributed by atoms with van der Waals surface area (Å²) in [4.78, 5) is 4.11. The molecule has 0 saturated carbocycles. The van der Waals surface area contributed by atoms with Gasteiger partial charge in [-0.05, 0) is 25.0 Å². The molecule has 0 aliphatic rings. The summed E-state index contributed by atoms with van der Waals surface area (Å²) < 4.78 is 0. The number of nitrogens with zero attached hydrogens (tertiary/aromatic N) is 1. The zero-order valence-electron chi connectivity index (χ0n) is 8.05. The number of aryl methyl sites for hydroxylation is 1. The van der Waals surface area contributed by atoms with Crippen molar-refractivity contribution in [3.8, 4) is 0 Å². The van der Waals surface area contributed by atoms with E-state index >= 15 is 0 Å². The Morgan fingerprint density at radius 2 is 2.31 bits per heavy atom. The second-order valence-corrected chi connectivity index (χ2v) is 4.03. The topological polar surface area (TPSA) is 24.9 Å². The molecule has 1 aromatic heterocycles. The number of rotatable bonds is 4. The van der Waals surface area contributed by atoms with Crippen LogP contribution in [0.4, 0.5) is 0 Å². The third-order valence-electron chi connectivity index (χ3n) is 1.69. The third kappa shape index (κ3) is 4.25. The SMILES string of the molecule is Cc1cncc(CNCC(C)Cl)c1. The number of pyridine rings is 1. The molecule has 1 N–H and O–H groups in total. The highest BCUT2D eigenvalue weighted by molar-refractivity contribution is 6.20. The maximum absolute atomic E-state index is 5.80. The summed E-state index contributed by atoms with van der Waals surface area (Å²) in [5, 5.41) is 3.43. The van der Waals surface area contributed by atoms with E-state index in [2.05, 4.69) is 16.4 Å². The molecule has 0 fully saturated rings. The van der Waals surface area contributed by atoms with E-state index in [4.69, 9.17) is 11.6 Å². The summed E-state index contributed by atoms with van der Waals surface area (Å²) in [6.45, 7) is 5.69. The van der Waals surface area contributed by atoms with Crippen molar-refractivity contribution in [2.75, 3.05) is 6.54 Å². The number of hydrogen-bond donors (Lipinski definition) is 1. The summed E-state index contributed by atoms with van der Waals surface area (Å²) in [5.41, 5.74) is 2.40. The Morgan fingerprint density at radius 3 is 2.92 bits per heavy atom. The smallest absolute Gasteiger partial charge is 0.0432 e. The van der Waals surface area contributed by atoms with E-state index in [1.54, 1.807) is 0 Å². The van der Waals surface area contributed by atoms with Crippen LogP contribution in [-0.4, -0.2) is 16.9 Å². The molecule has 1 rings (SSSR count). The highest BCUT2D eigenvalue weighted by Gasteiger charge is 1.96. The van der Waals surface area contributed by atoms with Crippen molar-refractivity contribution in [1.29, 1.82) is 0 Å². The predicted molar refractivity (Wildman–Crippen MR) is 56.0 cm³/mol. The van der Waals surface area contributed by atoms with Gasteiger partial charge in [0.05, 0.1) is 0 Å². The van der Waals surface area contributed by atoms with Crippen LogP contribution in [0.3, 0.4) is 0 Å². The van der Waals surface area contributed by atoms with Crippen molar-refractivity contribution >= 4 is 11.6 Å². The fourth-order valence-electron chi connectivity index (χ4n) is 1.13. The molecule has 2 nitrogen and oxygen atoms in total. The summed E-state index contributed by atoms with van der Waals surface area (Å²) >= 11 is 5.80. The maximum atomic E-state index is 5.80. The fourth-order valence-corrected chi connectivity index (χ4v) is 1.24. The summed E-state index contributed by atoms with van der Waals surface area (Å²) in [6.07, 6.45) is 3.73. The van der Waals surface area contributed by atoms with Crippen LogP contribution in [-0.2, 0) is 6.54 Å². The van der Waals surface area contributed by atoms with Gasteiger partial charge < -0.3 is 5.32 Å². The Balaban J connectivity index is 2.37. The Bertz CT molecular complexity index is 261. The van der Waals surface area contributed by atoms with E-state index in [1.165, 1.54) is 11.1 Å². The summed E-state index contributed by atoms with van der Waals surface area (Å²) in [5.74, 6) is 0. The normalized spacial score (nSPS) is 12.8. The first-order valence-corrected chi connectivity index (χ1v) is 4.87. The number of alkyl halides is 1. The van der Waals surface area contributed by atoms with Gasteiger partial charge in [-0.1, -0.05) is 6.07 Å². The number of aromatic nitrogens is 1.